The van der Waals surface area contributed by atoms with Gasteiger partial charge in [0, 0.05) is 53.9 Å². The Morgan fingerprint density at radius 2 is 0.708 bits per heavy atom. The third kappa shape index (κ3) is 6.07. The van der Waals surface area contributed by atoms with Crippen molar-refractivity contribution in [1.82, 2.24) is 34.9 Å². The van der Waals surface area contributed by atoms with Crippen molar-refractivity contribution in [2.45, 2.75) is 0 Å². The molecule has 0 fully saturated rings. The van der Waals surface area contributed by atoms with Crippen molar-refractivity contribution >= 4 is 0 Å². The molecule has 0 radical (unpaired) electrons. The normalized spacial score (nSPS) is 10.4. The first-order valence-electron chi connectivity index (χ1n) is 14.6. The average molecular weight is 617 g/mol. The Morgan fingerprint density at radius 1 is 0.333 bits per heavy atom. The van der Waals surface area contributed by atoms with E-state index in [2.05, 4.69) is 48.1 Å². The van der Waals surface area contributed by atoms with Gasteiger partial charge in [-0.3, -0.25) is 29.9 Å². The standard InChI is InChI=1S/C38H20N10/c39-18-24-7-10-42-36(13-24)31-4-1-27(21-45-31)30-16-34(28-2-5-32(46-22-28)37-14-25(19-40)8-11-43-37)48-35(17-30)29-3-6-33(47-23-29)38-15-26(20-41)9-12-44-38/h1-17,21-23H. The summed E-state index contributed by atoms with van der Waals surface area (Å²) in [6.07, 6.45) is 10.0. The molecule has 0 saturated carbocycles. The van der Waals surface area contributed by atoms with Crippen molar-refractivity contribution in [3.8, 4) is 86.0 Å². The van der Waals surface area contributed by atoms with E-state index in [0.717, 1.165) is 22.3 Å². The van der Waals surface area contributed by atoms with Crippen molar-refractivity contribution in [3.05, 3.63) is 139 Å². The van der Waals surface area contributed by atoms with E-state index < -0.39 is 0 Å². The van der Waals surface area contributed by atoms with Crippen LogP contribution >= 0.6 is 0 Å². The Labute approximate surface area is 275 Å². The number of nitriles is 3. The van der Waals surface area contributed by atoms with Crippen LogP contribution in [0.5, 0.6) is 0 Å². The fourth-order valence-electron chi connectivity index (χ4n) is 5.02. The summed E-state index contributed by atoms with van der Waals surface area (Å²) in [5.41, 5.74) is 9.89. The zero-order valence-corrected chi connectivity index (χ0v) is 25.0. The van der Waals surface area contributed by atoms with Gasteiger partial charge < -0.3 is 0 Å². The molecule has 7 rings (SSSR count). The monoisotopic (exact) mass is 616 g/mol. The maximum Gasteiger partial charge on any atom is 0.0992 e. The van der Waals surface area contributed by atoms with Crippen LogP contribution < -0.4 is 0 Å². The van der Waals surface area contributed by atoms with E-state index in [-0.39, 0.29) is 0 Å². The minimum absolute atomic E-state index is 0.506. The first kappa shape index (κ1) is 29.2. The molecule has 0 bridgehead atoms. The van der Waals surface area contributed by atoms with Crippen molar-refractivity contribution in [2.75, 3.05) is 0 Å². The number of nitrogens with zero attached hydrogens (tertiary/aromatic N) is 10. The Morgan fingerprint density at radius 3 is 1.04 bits per heavy atom. The van der Waals surface area contributed by atoms with Crippen LogP contribution in [-0.2, 0) is 0 Å². The molecule has 0 amide bonds. The molecule has 0 aliphatic rings. The summed E-state index contributed by atoms with van der Waals surface area (Å²) >= 11 is 0. The molecule has 48 heavy (non-hydrogen) atoms. The van der Waals surface area contributed by atoms with Gasteiger partial charge in [-0.05, 0) is 84.4 Å². The molecule has 222 valence electrons. The van der Waals surface area contributed by atoms with E-state index in [9.17, 15) is 15.8 Å². The van der Waals surface area contributed by atoms with Crippen LogP contribution in [0.15, 0.2) is 122 Å². The molecule has 0 aliphatic heterocycles. The molecular weight excluding hydrogens is 596 g/mol. The number of pyridine rings is 7. The lowest BCUT2D eigenvalue weighted by Crippen LogP contribution is -1.95. The molecule has 0 atom stereocenters. The maximum atomic E-state index is 9.29. The summed E-state index contributed by atoms with van der Waals surface area (Å²) < 4.78 is 0. The van der Waals surface area contributed by atoms with E-state index in [1.54, 1.807) is 73.6 Å². The van der Waals surface area contributed by atoms with Gasteiger partial charge in [-0.25, -0.2) is 4.98 Å². The van der Waals surface area contributed by atoms with Crippen LogP contribution in [0.1, 0.15) is 16.7 Å². The van der Waals surface area contributed by atoms with Crippen molar-refractivity contribution in [3.63, 3.8) is 0 Å². The lowest BCUT2D eigenvalue weighted by molar-refractivity contribution is 1.22. The summed E-state index contributed by atoms with van der Waals surface area (Å²) in [6.45, 7) is 0. The van der Waals surface area contributed by atoms with Gasteiger partial charge >= 0.3 is 0 Å². The minimum atomic E-state index is 0.506. The summed E-state index contributed by atoms with van der Waals surface area (Å²) in [4.78, 5) is 32.0. The van der Waals surface area contributed by atoms with Crippen molar-refractivity contribution in [1.29, 1.82) is 15.8 Å². The van der Waals surface area contributed by atoms with Gasteiger partial charge in [0.05, 0.1) is 80.4 Å². The van der Waals surface area contributed by atoms with Gasteiger partial charge in [-0.15, -0.1) is 0 Å². The highest BCUT2D eigenvalue weighted by atomic mass is 14.8. The molecule has 7 aromatic heterocycles. The van der Waals surface area contributed by atoms with E-state index >= 15 is 0 Å². The topological polar surface area (TPSA) is 162 Å². The Kier molecular flexibility index (Phi) is 7.84. The molecule has 0 aromatic carbocycles. The highest BCUT2D eigenvalue weighted by Gasteiger charge is 2.13. The maximum absolute atomic E-state index is 9.29. The molecule has 10 heteroatoms. The minimum Gasteiger partial charge on any atom is -0.255 e. The van der Waals surface area contributed by atoms with Crippen LogP contribution in [0.4, 0.5) is 0 Å². The van der Waals surface area contributed by atoms with Crippen molar-refractivity contribution < 1.29 is 0 Å². The SMILES string of the molecule is N#Cc1ccnc(-c2ccc(-c3cc(-c4ccc(-c5cc(C#N)ccn5)nc4)nc(-c4ccc(-c5cc(C#N)ccn5)nc4)c3)cn2)c1. The number of aromatic nitrogens is 7. The van der Waals surface area contributed by atoms with Gasteiger partial charge in [0.25, 0.3) is 0 Å². The average Bonchev–Trinajstić information content (AvgIpc) is 3.18. The third-order valence-electron chi connectivity index (χ3n) is 7.50. The summed E-state index contributed by atoms with van der Waals surface area (Å²) in [5.74, 6) is 0. The Hall–Kier alpha value is -7.48. The Bertz CT molecular complexity index is 2130. The second-order valence-electron chi connectivity index (χ2n) is 10.5. The van der Waals surface area contributed by atoms with Crippen molar-refractivity contribution in [2.24, 2.45) is 0 Å². The molecule has 7 aromatic rings. The van der Waals surface area contributed by atoms with E-state index in [4.69, 9.17) is 4.98 Å². The smallest absolute Gasteiger partial charge is 0.0992 e. The molecule has 0 spiro atoms. The quantitative estimate of drug-likeness (QED) is 0.189. The molecule has 0 aliphatic carbocycles. The lowest BCUT2D eigenvalue weighted by atomic mass is 10.0. The number of hydrogen-bond acceptors (Lipinski definition) is 10. The fraction of sp³-hybridized carbons (Fsp3) is 0. The zero-order valence-electron chi connectivity index (χ0n) is 25.0. The van der Waals surface area contributed by atoms with E-state index in [1.807, 2.05) is 48.5 Å². The van der Waals surface area contributed by atoms with Crippen LogP contribution in [0.2, 0.25) is 0 Å². The highest BCUT2D eigenvalue weighted by molar-refractivity contribution is 5.77. The van der Waals surface area contributed by atoms with Gasteiger partial charge in [0.2, 0.25) is 0 Å². The van der Waals surface area contributed by atoms with Gasteiger partial charge in [-0.2, -0.15) is 15.8 Å². The van der Waals surface area contributed by atoms with Gasteiger partial charge in [0.1, 0.15) is 0 Å². The predicted octanol–water partition coefficient (Wildman–Crippen LogP) is 7.07. The van der Waals surface area contributed by atoms with Crippen LogP contribution in [0.25, 0.3) is 67.8 Å². The van der Waals surface area contributed by atoms with Gasteiger partial charge in [0.15, 0.2) is 0 Å². The van der Waals surface area contributed by atoms with E-state index in [0.29, 0.717) is 62.2 Å². The summed E-state index contributed by atoms with van der Waals surface area (Å²) in [7, 11) is 0. The first-order valence-corrected chi connectivity index (χ1v) is 14.6. The van der Waals surface area contributed by atoms with Crippen LogP contribution in [-0.4, -0.2) is 34.9 Å². The Balaban J connectivity index is 1.28. The zero-order chi connectivity index (χ0) is 32.9. The first-order chi connectivity index (χ1) is 23.6. The largest absolute Gasteiger partial charge is 0.255 e. The third-order valence-corrected chi connectivity index (χ3v) is 7.50. The predicted molar refractivity (Wildman–Crippen MR) is 178 cm³/mol. The number of rotatable bonds is 6. The lowest BCUT2D eigenvalue weighted by Gasteiger charge is -2.11. The molecule has 10 nitrogen and oxygen atoms in total. The molecule has 0 saturated heterocycles. The van der Waals surface area contributed by atoms with E-state index in [1.165, 1.54) is 0 Å². The molecule has 0 unspecified atom stereocenters. The number of hydrogen-bond donors (Lipinski definition) is 0. The molecule has 7 heterocycles. The molecular formula is C38H20N10. The van der Waals surface area contributed by atoms with Crippen LogP contribution in [0.3, 0.4) is 0 Å². The molecule has 0 N–H and O–H groups in total. The highest BCUT2D eigenvalue weighted by Crippen LogP contribution is 2.32. The summed E-state index contributed by atoms with van der Waals surface area (Å²) in [5, 5.41) is 27.9. The second kappa shape index (κ2) is 12.9. The van der Waals surface area contributed by atoms with Gasteiger partial charge in [-0.1, -0.05) is 6.07 Å². The fourth-order valence-corrected chi connectivity index (χ4v) is 5.02. The van der Waals surface area contributed by atoms with Crippen LogP contribution in [0, 0.1) is 34.0 Å². The summed E-state index contributed by atoms with van der Waals surface area (Å²) in [6, 6.07) is 31.8. The second-order valence-corrected chi connectivity index (χ2v) is 10.5.